The van der Waals surface area contributed by atoms with E-state index in [0.717, 1.165) is 10.4 Å². The molecule has 2 atom stereocenters. The molecule has 1 amide bonds. The Morgan fingerprint density at radius 1 is 1.44 bits per heavy atom. The number of nitriles is 1. The lowest BCUT2D eigenvalue weighted by atomic mass is 9.89. The lowest BCUT2D eigenvalue weighted by Crippen LogP contribution is -2.38. The first-order valence-corrected chi connectivity index (χ1v) is 9.28. The van der Waals surface area contributed by atoms with Crippen molar-refractivity contribution in [3.8, 4) is 11.8 Å². The van der Waals surface area contributed by atoms with E-state index in [9.17, 15) is 22.2 Å². The predicted octanol–water partition coefficient (Wildman–Crippen LogP) is 2.45. The van der Waals surface area contributed by atoms with Gasteiger partial charge in [-0.25, -0.2) is 4.21 Å². The maximum Gasteiger partial charge on any atom is 0.417 e. The number of ether oxygens (including phenoxy) is 1. The molecule has 1 fully saturated rings. The van der Waals surface area contributed by atoms with Crippen molar-refractivity contribution in [2.45, 2.75) is 26.1 Å². The highest BCUT2D eigenvalue weighted by molar-refractivity contribution is 7.98. The molecule has 0 saturated carbocycles. The van der Waals surface area contributed by atoms with Crippen molar-refractivity contribution in [2.24, 2.45) is 5.41 Å². The smallest absolute Gasteiger partial charge is 0.417 e. The highest BCUT2D eigenvalue weighted by Gasteiger charge is 2.50. The first-order chi connectivity index (χ1) is 11.3. The Morgan fingerprint density at radius 3 is 2.48 bits per heavy atom. The van der Waals surface area contributed by atoms with Crippen LogP contribution in [0.15, 0.2) is 18.2 Å². The molecule has 0 aliphatic carbocycles. The van der Waals surface area contributed by atoms with Gasteiger partial charge in [0.15, 0.2) is 6.10 Å². The number of rotatable bonds is 3. The van der Waals surface area contributed by atoms with Gasteiger partial charge in [0.05, 0.1) is 17.2 Å². The minimum Gasteiger partial charge on any atom is -0.480 e. The average Bonchev–Trinajstić information content (AvgIpc) is 2.69. The van der Waals surface area contributed by atoms with Gasteiger partial charge in [0.1, 0.15) is 5.75 Å². The minimum absolute atomic E-state index is 0.109. The number of hydrogen-bond acceptors (Lipinski definition) is 4. The molecule has 2 unspecified atom stereocenters. The quantitative estimate of drug-likeness (QED) is 0.762. The number of benzene rings is 1. The fourth-order valence-corrected chi connectivity index (χ4v) is 3.68. The van der Waals surface area contributed by atoms with Crippen LogP contribution < -0.4 is 4.74 Å². The van der Waals surface area contributed by atoms with Gasteiger partial charge in [-0.2, -0.15) is 18.4 Å². The maximum atomic E-state index is 13.0. The highest BCUT2D eigenvalue weighted by Crippen LogP contribution is 2.38. The van der Waals surface area contributed by atoms with Gasteiger partial charge in [-0.3, -0.25) is 9.10 Å². The van der Waals surface area contributed by atoms with E-state index in [1.54, 1.807) is 13.8 Å². The van der Waals surface area contributed by atoms with Crippen molar-refractivity contribution >= 4 is 21.5 Å². The van der Waals surface area contributed by atoms with Crippen LogP contribution in [0.25, 0.3) is 0 Å². The van der Waals surface area contributed by atoms with Crippen LogP contribution >= 0.6 is 0 Å². The van der Waals surface area contributed by atoms with E-state index in [-0.39, 0.29) is 12.3 Å². The lowest BCUT2D eigenvalue weighted by Gasteiger charge is -2.24. The summed E-state index contributed by atoms with van der Waals surface area (Å²) in [6.07, 6.45) is -4.52. The van der Waals surface area contributed by atoms with Gasteiger partial charge in [-0.1, -0.05) is 13.8 Å². The zero-order valence-corrected chi connectivity index (χ0v) is 14.7. The molecule has 5 nitrogen and oxygen atoms in total. The van der Waals surface area contributed by atoms with Gasteiger partial charge in [0.2, 0.25) is 0 Å². The third-order valence-electron chi connectivity index (χ3n) is 3.87. The molecule has 2 rings (SSSR count). The molecule has 0 N–H and O–H groups in total. The van der Waals surface area contributed by atoms with Crippen LogP contribution in [0.4, 0.5) is 13.2 Å². The number of carbonyl (C=O) groups excluding carboxylic acids is 1. The average molecular weight is 374 g/mol. The van der Waals surface area contributed by atoms with Crippen molar-refractivity contribution < 1.29 is 26.9 Å². The zero-order valence-electron chi connectivity index (χ0n) is 13.9. The molecule has 1 aromatic rings. The van der Waals surface area contributed by atoms with Crippen LogP contribution in [0.5, 0.6) is 5.75 Å². The van der Waals surface area contributed by atoms with E-state index < -0.39 is 44.4 Å². The Morgan fingerprint density at radius 2 is 2.04 bits per heavy atom. The second-order valence-corrected chi connectivity index (χ2v) is 9.00. The van der Waals surface area contributed by atoms with E-state index in [2.05, 4.69) is 5.87 Å². The Balaban J connectivity index is 2.40. The largest absolute Gasteiger partial charge is 0.480 e. The third-order valence-corrected chi connectivity index (χ3v) is 5.11. The predicted molar refractivity (Wildman–Crippen MR) is 87.3 cm³/mol. The summed E-state index contributed by atoms with van der Waals surface area (Å²) in [7, 11) is -2.81. The van der Waals surface area contributed by atoms with Gasteiger partial charge in [-0.15, -0.1) is 0 Å². The van der Waals surface area contributed by atoms with Crippen molar-refractivity contribution in [3.05, 3.63) is 29.3 Å². The van der Waals surface area contributed by atoms with Crippen molar-refractivity contribution in [1.29, 1.82) is 5.26 Å². The summed E-state index contributed by atoms with van der Waals surface area (Å²) in [5, 5.41) is 8.82. The molecule has 136 valence electrons. The van der Waals surface area contributed by atoms with Crippen LogP contribution in [-0.4, -0.2) is 39.2 Å². The summed E-state index contributed by atoms with van der Waals surface area (Å²) < 4.78 is 57.9. The lowest BCUT2D eigenvalue weighted by molar-refractivity contribution is -0.137. The van der Waals surface area contributed by atoms with E-state index in [0.29, 0.717) is 6.07 Å². The number of alkyl halides is 3. The monoisotopic (exact) mass is 374 g/mol. The van der Waals surface area contributed by atoms with E-state index in [1.165, 1.54) is 18.4 Å². The summed E-state index contributed by atoms with van der Waals surface area (Å²) in [4.78, 5) is 12.5. The van der Waals surface area contributed by atoms with E-state index in [1.807, 2.05) is 0 Å². The molecule has 0 bridgehead atoms. The molecule has 1 heterocycles. The number of nitrogens with zero attached hydrogens (tertiary/aromatic N) is 2. The van der Waals surface area contributed by atoms with Crippen LogP contribution in [0.3, 0.4) is 0 Å². The summed E-state index contributed by atoms with van der Waals surface area (Å²) in [6, 6.07) is 4.36. The summed E-state index contributed by atoms with van der Waals surface area (Å²) in [6.45, 7) is 3.49. The molecule has 9 heteroatoms. The van der Waals surface area contributed by atoms with Gasteiger partial charge in [0, 0.05) is 27.9 Å². The normalized spacial score (nSPS) is 22.4. The summed E-state index contributed by atoms with van der Waals surface area (Å²) in [5.74, 6) is 2.69. The molecule has 1 saturated heterocycles. The summed E-state index contributed by atoms with van der Waals surface area (Å²) in [5.41, 5.74) is -2.45. The molecule has 0 radical (unpaired) electrons. The highest BCUT2D eigenvalue weighted by atomic mass is 32.2. The SMILES string of the molecule is C=S(C)(=O)N1CC(C)(C)C(Oc2ccc(C#N)c(C(F)(F)F)c2)C1=O. The van der Waals surface area contributed by atoms with Gasteiger partial charge in [-0.05, 0) is 24.1 Å². The molecular formula is C16H17F3N2O3S. The number of halogens is 3. The molecule has 25 heavy (non-hydrogen) atoms. The van der Waals surface area contributed by atoms with Crippen LogP contribution in [0.1, 0.15) is 25.0 Å². The first-order valence-electron chi connectivity index (χ1n) is 7.19. The van der Waals surface area contributed by atoms with Gasteiger partial charge in [0.25, 0.3) is 5.91 Å². The van der Waals surface area contributed by atoms with Crippen molar-refractivity contribution in [3.63, 3.8) is 0 Å². The molecular weight excluding hydrogens is 357 g/mol. The minimum atomic E-state index is -4.73. The maximum absolute atomic E-state index is 13.0. The molecule has 0 spiro atoms. The number of amides is 1. The number of carbonyl (C=O) groups is 1. The van der Waals surface area contributed by atoms with Gasteiger partial charge >= 0.3 is 6.18 Å². The topological polar surface area (TPSA) is 70.4 Å². The number of hydrogen-bond donors (Lipinski definition) is 0. The molecule has 1 aromatic carbocycles. The van der Waals surface area contributed by atoms with Crippen LogP contribution in [-0.2, 0) is 20.7 Å². The van der Waals surface area contributed by atoms with E-state index >= 15 is 0 Å². The Bertz CT molecular complexity index is 854. The van der Waals surface area contributed by atoms with Crippen molar-refractivity contribution in [2.75, 3.05) is 12.8 Å². The first kappa shape index (κ1) is 19.1. The fourth-order valence-electron chi connectivity index (χ4n) is 2.60. The Kier molecular flexibility index (Phi) is 4.55. The second-order valence-electron chi connectivity index (χ2n) is 6.64. The van der Waals surface area contributed by atoms with E-state index in [4.69, 9.17) is 10.00 Å². The zero-order chi connectivity index (χ0) is 19.2. The Hall–Kier alpha value is -2.21. The van der Waals surface area contributed by atoms with Gasteiger partial charge < -0.3 is 4.74 Å². The molecule has 1 aliphatic heterocycles. The van der Waals surface area contributed by atoms with Crippen LogP contribution in [0.2, 0.25) is 0 Å². The molecule has 0 aromatic heterocycles. The van der Waals surface area contributed by atoms with Crippen LogP contribution in [0, 0.1) is 16.7 Å². The second kappa shape index (κ2) is 5.95. The Labute approximate surface area is 144 Å². The third kappa shape index (κ3) is 3.74. The summed E-state index contributed by atoms with van der Waals surface area (Å²) >= 11 is 0. The fraction of sp³-hybridized carbons (Fsp3) is 0.438. The van der Waals surface area contributed by atoms with Crippen molar-refractivity contribution in [1.82, 2.24) is 4.31 Å². The standard InChI is InChI=1S/C16H17F3N2O3S/c1-15(2)9-21(25(3,4)23)14(22)13(15)24-11-6-5-10(8-20)12(7-11)16(17,18)19/h5-7,13H,3,9H2,1-2,4H3. The molecule has 1 aliphatic rings.